The molecule has 0 aromatic heterocycles. The molecule has 1 aliphatic heterocycles. The van der Waals surface area contributed by atoms with E-state index in [-0.39, 0.29) is 11.4 Å². The maximum absolute atomic E-state index is 13.4. The van der Waals surface area contributed by atoms with Crippen LogP contribution in [0.2, 0.25) is 5.02 Å². The number of halogens is 2. The lowest BCUT2D eigenvalue weighted by Crippen LogP contribution is -2.47. The van der Waals surface area contributed by atoms with Crippen LogP contribution in [0.5, 0.6) is 0 Å². The van der Waals surface area contributed by atoms with Crippen molar-refractivity contribution in [2.45, 2.75) is 51.6 Å². The Morgan fingerprint density at radius 2 is 1.96 bits per heavy atom. The molecule has 0 bridgehead atoms. The van der Waals surface area contributed by atoms with Crippen molar-refractivity contribution in [3.8, 4) is 0 Å². The summed E-state index contributed by atoms with van der Waals surface area (Å²) < 4.78 is 13.4. The van der Waals surface area contributed by atoms with Crippen LogP contribution < -0.4 is 5.32 Å². The molecule has 0 saturated carbocycles. The molecule has 0 radical (unpaired) electrons. The summed E-state index contributed by atoms with van der Waals surface area (Å²) in [5.74, 6) is -1.78. The van der Waals surface area contributed by atoms with Gasteiger partial charge in [0.05, 0.1) is 5.02 Å². The highest BCUT2D eigenvalue weighted by molar-refractivity contribution is 6.36. The summed E-state index contributed by atoms with van der Waals surface area (Å²) in [6.45, 7) is 5.56. The lowest BCUT2D eigenvalue weighted by atomic mass is 9.98. The molecule has 0 spiro atoms. The van der Waals surface area contributed by atoms with Crippen molar-refractivity contribution in [1.29, 1.82) is 0 Å². The largest absolute Gasteiger partial charge is 0.348 e. The Labute approximate surface area is 147 Å². The maximum atomic E-state index is 13.4. The predicted molar refractivity (Wildman–Crippen MR) is 92.6 cm³/mol. The zero-order valence-electron chi connectivity index (χ0n) is 14.1. The first kappa shape index (κ1) is 18.9. The maximum Gasteiger partial charge on any atom is 0.287 e. The van der Waals surface area contributed by atoms with Crippen molar-refractivity contribution in [3.63, 3.8) is 0 Å². The number of carbonyl (C=O) groups is 2. The fourth-order valence-corrected chi connectivity index (χ4v) is 3.35. The van der Waals surface area contributed by atoms with Gasteiger partial charge in [-0.05, 0) is 44.4 Å². The lowest BCUT2D eigenvalue weighted by molar-refractivity contribution is -0.137. The van der Waals surface area contributed by atoms with Crippen molar-refractivity contribution < 1.29 is 14.0 Å². The number of carbonyl (C=O) groups excluding carboxylic acids is 2. The van der Waals surface area contributed by atoms with Gasteiger partial charge in [0.25, 0.3) is 5.91 Å². The summed E-state index contributed by atoms with van der Waals surface area (Å²) in [4.78, 5) is 26.2. The second-order valence-corrected chi connectivity index (χ2v) is 6.88. The van der Waals surface area contributed by atoms with E-state index in [0.717, 1.165) is 6.54 Å². The van der Waals surface area contributed by atoms with Crippen molar-refractivity contribution in [2.24, 2.45) is 0 Å². The van der Waals surface area contributed by atoms with Crippen molar-refractivity contribution in [2.75, 3.05) is 13.1 Å². The van der Waals surface area contributed by atoms with Crippen LogP contribution in [-0.2, 0) is 16.0 Å². The Bertz CT molecular complexity index is 599. The van der Waals surface area contributed by atoms with Gasteiger partial charge < -0.3 is 5.32 Å². The average Bonchev–Trinajstić information content (AvgIpc) is 2.53. The van der Waals surface area contributed by atoms with E-state index in [0.29, 0.717) is 24.2 Å². The molecule has 4 nitrogen and oxygen atoms in total. The molecule has 2 atom stereocenters. The number of ketones is 1. The van der Waals surface area contributed by atoms with Crippen molar-refractivity contribution >= 4 is 23.3 Å². The summed E-state index contributed by atoms with van der Waals surface area (Å²) >= 11 is 5.60. The van der Waals surface area contributed by atoms with E-state index in [1.807, 2.05) is 0 Å². The zero-order valence-corrected chi connectivity index (χ0v) is 14.9. The Hall–Kier alpha value is -1.46. The number of likely N-dealkylation sites (tertiary alicyclic amines) is 1. The van der Waals surface area contributed by atoms with Gasteiger partial charge in [0, 0.05) is 31.6 Å². The molecular formula is C18H24ClFN2O2. The third-order valence-corrected chi connectivity index (χ3v) is 4.94. The monoisotopic (exact) mass is 354 g/mol. The lowest BCUT2D eigenvalue weighted by Gasteiger charge is -2.38. The predicted octanol–water partition coefficient (Wildman–Crippen LogP) is 2.97. The van der Waals surface area contributed by atoms with E-state index in [9.17, 15) is 14.0 Å². The van der Waals surface area contributed by atoms with E-state index in [2.05, 4.69) is 24.1 Å². The van der Waals surface area contributed by atoms with Gasteiger partial charge in [0.2, 0.25) is 5.78 Å². The minimum atomic E-state index is -0.623. The molecule has 132 valence electrons. The van der Waals surface area contributed by atoms with Crippen LogP contribution in [-0.4, -0.2) is 41.8 Å². The van der Waals surface area contributed by atoms with E-state index >= 15 is 0 Å². The first-order valence-corrected chi connectivity index (χ1v) is 8.77. The summed E-state index contributed by atoms with van der Waals surface area (Å²) in [7, 11) is 0. The molecule has 1 aliphatic rings. The minimum Gasteiger partial charge on any atom is -0.348 e. The average molecular weight is 355 g/mol. The molecule has 1 amide bonds. The smallest absolute Gasteiger partial charge is 0.287 e. The second-order valence-electron chi connectivity index (χ2n) is 6.47. The molecular weight excluding hydrogens is 331 g/mol. The van der Waals surface area contributed by atoms with E-state index in [1.165, 1.54) is 31.4 Å². The molecule has 1 N–H and O–H groups in total. The van der Waals surface area contributed by atoms with Gasteiger partial charge in [0.15, 0.2) is 0 Å². The number of piperidine rings is 1. The Morgan fingerprint density at radius 3 is 2.58 bits per heavy atom. The van der Waals surface area contributed by atoms with Gasteiger partial charge in [-0.25, -0.2) is 4.39 Å². The Balaban J connectivity index is 1.79. The quantitative estimate of drug-likeness (QED) is 0.799. The summed E-state index contributed by atoms with van der Waals surface area (Å²) in [5, 5.41) is 2.67. The molecule has 1 aromatic rings. The van der Waals surface area contributed by atoms with E-state index in [4.69, 9.17) is 11.6 Å². The van der Waals surface area contributed by atoms with Crippen LogP contribution in [0.3, 0.4) is 0 Å². The van der Waals surface area contributed by atoms with Crippen molar-refractivity contribution in [3.05, 3.63) is 34.6 Å². The number of benzene rings is 1. The second kappa shape index (κ2) is 8.58. The molecule has 0 aliphatic carbocycles. The highest BCUT2D eigenvalue weighted by atomic mass is 35.5. The van der Waals surface area contributed by atoms with Gasteiger partial charge >= 0.3 is 0 Å². The van der Waals surface area contributed by atoms with Gasteiger partial charge in [-0.2, -0.15) is 0 Å². The van der Waals surface area contributed by atoms with Gasteiger partial charge in [0.1, 0.15) is 5.82 Å². The van der Waals surface area contributed by atoms with Crippen LogP contribution in [0.25, 0.3) is 0 Å². The molecule has 1 saturated heterocycles. The number of nitrogens with one attached hydrogen (secondary N) is 1. The Kier molecular flexibility index (Phi) is 6.75. The number of rotatable bonds is 6. The summed E-state index contributed by atoms with van der Waals surface area (Å²) in [6, 6.07) is 5.12. The molecule has 6 heteroatoms. The molecule has 1 heterocycles. The van der Waals surface area contributed by atoms with Gasteiger partial charge in [-0.1, -0.05) is 24.1 Å². The Morgan fingerprint density at radius 1 is 1.29 bits per heavy atom. The fourth-order valence-electron chi connectivity index (χ4n) is 3.23. The number of Topliss-reactive ketones (excluding diaryl/α,β-unsaturated/α-hetero) is 1. The number of hydrogen-bond donors (Lipinski definition) is 1. The first-order valence-electron chi connectivity index (χ1n) is 8.39. The topological polar surface area (TPSA) is 49.4 Å². The van der Waals surface area contributed by atoms with Crippen LogP contribution in [0.15, 0.2) is 18.2 Å². The van der Waals surface area contributed by atoms with Crippen molar-refractivity contribution in [1.82, 2.24) is 10.2 Å². The highest BCUT2D eigenvalue weighted by Gasteiger charge is 2.24. The van der Waals surface area contributed by atoms with E-state index in [1.54, 1.807) is 6.07 Å². The summed E-state index contributed by atoms with van der Waals surface area (Å²) in [5.41, 5.74) is 0.440. The van der Waals surface area contributed by atoms with Gasteiger partial charge in [-0.15, -0.1) is 0 Å². The van der Waals surface area contributed by atoms with E-state index < -0.39 is 17.5 Å². The standard InChI is InChI=1S/C18H24ClFN2O2/c1-12-4-3-5-13(2)22(12)9-8-21-18(24)17(23)11-14-6-7-15(19)16(20)10-14/h6-7,10,12-13H,3-5,8-9,11H2,1-2H3,(H,21,24). The zero-order chi connectivity index (χ0) is 17.7. The normalized spacial score (nSPS) is 21.5. The third-order valence-electron chi connectivity index (χ3n) is 4.63. The first-order chi connectivity index (χ1) is 11.4. The number of nitrogens with zero attached hydrogens (tertiary/aromatic N) is 1. The number of amides is 1. The third kappa shape index (κ3) is 5.02. The van der Waals surface area contributed by atoms with Gasteiger partial charge in [-0.3, -0.25) is 14.5 Å². The molecule has 2 rings (SSSR count). The minimum absolute atomic E-state index is 0.000390. The van der Waals surface area contributed by atoms with Crippen LogP contribution >= 0.6 is 11.6 Å². The SMILES string of the molecule is CC1CCCC(C)N1CCNC(=O)C(=O)Cc1ccc(Cl)c(F)c1. The highest BCUT2D eigenvalue weighted by Crippen LogP contribution is 2.21. The molecule has 2 unspecified atom stereocenters. The molecule has 1 fully saturated rings. The van der Waals surface area contributed by atoms with Crippen LogP contribution in [0.4, 0.5) is 4.39 Å². The van der Waals surface area contributed by atoms with Crippen LogP contribution in [0, 0.1) is 5.82 Å². The fraction of sp³-hybridized carbons (Fsp3) is 0.556. The molecule has 24 heavy (non-hydrogen) atoms. The number of hydrogen-bond acceptors (Lipinski definition) is 3. The molecule has 1 aromatic carbocycles. The van der Waals surface area contributed by atoms with Crippen LogP contribution in [0.1, 0.15) is 38.7 Å². The summed E-state index contributed by atoms with van der Waals surface area (Å²) in [6.07, 6.45) is 3.44.